The largest absolute Gasteiger partial charge is 0.493 e. The molecular weight excluding hydrogens is 715 g/mol. The van der Waals surface area contributed by atoms with Gasteiger partial charge in [0.15, 0.2) is 34.6 Å². The molecule has 0 saturated carbocycles. The quantitative estimate of drug-likeness (QED) is 0.0905. The van der Waals surface area contributed by atoms with E-state index in [1.807, 2.05) is 0 Å². The Morgan fingerprint density at radius 3 is 1.35 bits per heavy atom. The van der Waals surface area contributed by atoms with E-state index in [2.05, 4.69) is 31.1 Å². The third kappa shape index (κ3) is 9.68. The molecule has 0 spiro atoms. The maximum Gasteiger partial charge on any atom is 0.258 e. The van der Waals surface area contributed by atoms with Gasteiger partial charge in [-0.1, -0.05) is 35.3 Å². The smallest absolute Gasteiger partial charge is 0.258 e. The molecule has 2 N–H and O–H groups in total. The number of ether oxygens (including phenoxy) is 4. The Morgan fingerprint density at radius 1 is 0.558 bits per heavy atom. The van der Waals surface area contributed by atoms with Crippen LogP contribution in [0.4, 0.5) is 22.7 Å². The number of carbonyl (C=O) groups excluding carboxylic acids is 4. The molecule has 2 atom stereocenters. The Labute approximate surface area is 309 Å². The van der Waals surface area contributed by atoms with Crippen LogP contribution in [-0.2, 0) is 19.2 Å². The van der Waals surface area contributed by atoms with Gasteiger partial charge in [-0.25, -0.2) is 0 Å². The van der Waals surface area contributed by atoms with Crippen LogP contribution in [0.25, 0.3) is 11.1 Å². The number of hydrogen-bond acceptors (Lipinski definition) is 12. The van der Waals surface area contributed by atoms with E-state index in [0.717, 1.165) is 0 Å². The molecule has 0 aromatic heterocycles. The van der Waals surface area contributed by atoms with Gasteiger partial charge in [-0.05, 0) is 67.9 Å². The molecular formula is C36H34Cl2N6O8. The second-order valence-corrected chi connectivity index (χ2v) is 11.7. The van der Waals surface area contributed by atoms with Gasteiger partial charge in [0.1, 0.15) is 0 Å². The Bertz CT molecular complexity index is 2010. The molecule has 0 fully saturated rings. The van der Waals surface area contributed by atoms with Gasteiger partial charge < -0.3 is 29.6 Å². The number of methoxy groups -OCH3 is 4. The molecule has 4 aromatic rings. The van der Waals surface area contributed by atoms with Gasteiger partial charge in [-0.2, -0.15) is 20.5 Å². The fourth-order valence-electron chi connectivity index (χ4n) is 4.72. The second-order valence-electron chi connectivity index (χ2n) is 10.9. The van der Waals surface area contributed by atoms with Gasteiger partial charge in [0, 0.05) is 29.1 Å². The molecule has 0 aliphatic rings. The molecule has 0 heterocycles. The number of halogens is 2. The van der Waals surface area contributed by atoms with Crippen molar-refractivity contribution in [3.8, 4) is 34.1 Å². The van der Waals surface area contributed by atoms with Gasteiger partial charge in [-0.3, -0.25) is 19.2 Å². The Balaban J connectivity index is 1.46. The van der Waals surface area contributed by atoms with E-state index in [9.17, 15) is 19.2 Å². The highest BCUT2D eigenvalue weighted by Gasteiger charge is 2.25. The number of hydrogen-bond donors (Lipinski definition) is 2. The number of carbonyl (C=O) groups is 4. The third-order valence-corrected chi connectivity index (χ3v) is 7.93. The molecule has 0 radical (unpaired) electrons. The Morgan fingerprint density at radius 2 is 0.962 bits per heavy atom. The number of Topliss-reactive ketones (excluding diaryl/α,β-unsaturated/α-hetero) is 2. The monoisotopic (exact) mass is 748 g/mol. The van der Waals surface area contributed by atoms with Crippen molar-refractivity contribution in [2.75, 3.05) is 39.1 Å². The predicted molar refractivity (Wildman–Crippen MR) is 196 cm³/mol. The second kappa shape index (κ2) is 17.9. The van der Waals surface area contributed by atoms with Crippen molar-refractivity contribution in [3.05, 3.63) is 82.8 Å². The lowest BCUT2D eigenvalue weighted by Crippen LogP contribution is -2.31. The van der Waals surface area contributed by atoms with Crippen LogP contribution in [0.2, 0.25) is 10.0 Å². The summed E-state index contributed by atoms with van der Waals surface area (Å²) >= 11 is 13.2. The summed E-state index contributed by atoms with van der Waals surface area (Å²) in [7, 11) is 5.90. The van der Waals surface area contributed by atoms with Crippen LogP contribution >= 0.6 is 23.2 Å². The molecule has 0 aliphatic carbocycles. The van der Waals surface area contributed by atoms with E-state index >= 15 is 0 Å². The Hall–Kier alpha value is -5.86. The minimum Gasteiger partial charge on any atom is -0.493 e. The first-order chi connectivity index (χ1) is 24.9. The zero-order valence-electron chi connectivity index (χ0n) is 28.9. The van der Waals surface area contributed by atoms with Crippen LogP contribution in [0.5, 0.6) is 23.0 Å². The lowest BCUT2D eigenvalue weighted by Gasteiger charge is -2.13. The highest BCUT2D eigenvalue weighted by atomic mass is 35.5. The Kier molecular flexibility index (Phi) is 13.4. The van der Waals surface area contributed by atoms with Crippen LogP contribution in [-0.4, -0.2) is 63.9 Å². The van der Waals surface area contributed by atoms with Gasteiger partial charge in [0.05, 0.1) is 49.9 Å². The summed E-state index contributed by atoms with van der Waals surface area (Å²) in [5.74, 6) is -0.706. The zero-order valence-corrected chi connectivity index (χ0v) is 30.4. The summed E-state index contributed by atoms with van der Waals surface area (Å²) in [6.45, 7) is 2.46. The van der Waals surface area contributed by atoms with E-state index < -0.39 is 35.5 Å². The van der Waals surface area contributed by atoms with Crippen LogP contribution in [0.3, 0.4) is 0 Å². The lowest BCUT2D eigenvalue weighted by atomic mass is 10.0. The molecule has 0 bridgehead atoms. The summed E-state index contributed by atoms with van der Waals surface area (Å²) in [5.41, 5.74) is 2.38. The molecule has 52 heavy (non-hydrogen) atoms. The van der Waals surface area contributed by atoms with Gasteiger partial charge in [-0.15, -0.1) is 0 Å². The highest BCUT2D eigenvalue weighted by Crippen LogP contribution is 2.39. The average Bonchev–Trinajstić information content (AvgIpc) is 3.11. The maximum atomic E-state index is 12.9. The van der Waals surface area contributed by atoms with E-state index in [-0.39, 0.29) is 15.7 Å². The predicted octanol–water partition coefficient (Wildman–Crippen LogP) is 8.05. The fourth-order valence-corrected chi connectivity index (χ4v) is 5.42. The first-order valence-corrected chi connectivity index (χ1v) is 16.1. The van der Waals surface area contributed by atoms with Crippen molar-refractivity contribution in [2.45, 2.75) is 25.9 Å². The average molecular weight is 750 g/mol. The van der Waals surface area contributed by atoms with Crippen LogP contribution in [0, 0.1) is 0 Å². The van der Waals surface area contributed by atoms with Gasteiger partial charge >= 0.3 is 0 Å². The number of amides is 2. The molecule has 4 aromatic carbocycles. The van der Waals surface area contributed by atoms with Gasteiger partial charge in [0.25, 0.3) is 11.8 Å². The standard InChI is InChI=1S/C36H34Cl2N6O8/c1-19(45)33(35(47)39-23-11-13-28(49-3)30(17-23)51-5)43-41-22-9-7-21(8-10-22)32-26(37)15-25(16-27(32)38)42-44-34(20(2)46)36(48)40-24-12-14-29(50-4)31(18-24)52-6/h7-18,33-34H,1-6H3,(H,39,47)(H,40,48). The molecule has 16 heteroatoms. The van der Waals surface area contributed by atoms with Crippen LogP contribution < -0.4 is 29.6 Å². The summed E-state index contributed by atoms with van der Waals surface area (Å²) in [6.07, 6.45) is 0. The SMILES string of the molecule is COc1ccc(NC(=O)C(N=Nc2ccc(-c3c(Cl)cc(N=NC(C(C)=O)C(=O)Nc4ccc(OC)c(OC)c4)cc3Cl)cc2)C(C)=O)cc1OC. The minimum absolute atomic E-state index is 0.205. The van der Waals surface area contributed by atoms with Crippen molar-refractivity contribution < 1.29 is 38.1 Å². The fraction of sp³-hybridized carbons (Fsp3) is 0.222. The van der Waals surface area contributed by atoms with E-state index in [4.69, 9.17) is 42.1 Å². The molecule has 270 valence electrons. The van der Waals surface area contributed by atoms with Gasteiger partial charge in [0.2, 0.25) is 12.1 Å². The minimum atomic E-state index is -1.45. The van der Waals surface area contributed by atoms with Crippen molar-refractivity contribution in [1.82, 2.24) is 0 Å². The third-order valence-electron chi connectivity index (χ3n) is 7.33. The molecule has 14 nitrogen and oxygen atoms in total. The van der Waals surface area contributed by atoms with Crippen LogP contribution in [0.15, 0.2) is 93.3 Å². The zero-order chi connectivity index (χ0) is 37.9. The molecule has 0 saturated heterocycles. The topological polar surface area (TPSA) is 179 Å². The summed E-state index contributed by atoms with van der Waals surface area (Å²) in [6, 6.07) is 16.2. The summed E-state index contributed by atoms with van der Waals surface area (Å²) in [4.78, 5) is 50.4. The first kappa shape index (κ1) is 38.9. The van der Waals surface area contributed by atoms with Crippen molar-refractivity contribution in [2.24, 2.45) is 20.5 Å². The molecule has 4 rings (SSSR count). The summed E-state index contributed by atoms with van der Waals surface area (Å²) < 4.78 is 20.9. The number of benzene rings is 4. The maximum absolute atomic E-state index is 12.9. The van der Waals surface area contributed by atoms with Crippen molar-refractivity contribution >= 4 is 69.3 Å². The van der Waals surface area contributed by atoms with E-state index in [1.54, 1.807) is 60.7 Å². The van der Waals surface area contributed by atoms with Crippen molar-refractivity contribution in [3.63, 3.8) is 0 Å². The molecule has 0 aliphatic heterocycles. The number of nitrogens with zero attached hydrogens (tertiary/aromatic N) is 4. The number of nitrogens with one attached hydrogen (secondary N) is 2. The van der Waals surface area contributed by atoms with E-state index in [0.29, 0.717) is 51.2 Å². The number of ketones is 2. The molecule has 2 amide bonds. The number of azo groups is 2. The number of rotatable bonds is 15. The lowest BCUT2D eigenvalue weighted by molar-refractivity contribution is -0.127. The highest BCUT2D eigenvalue weighted by molar-refractivity contribution is 6.39. The number of anilines is 2. The van der Waals surface area contributed by atoms with Crippen LogP contribution in [0.1, 0.15) is 13.8 Å². The normalized spacial score (nSPS) is 12.2. The first-order valence-electron chi connectivity index (χ1n) is 15.4. The van der Waals surface area contributed by atoms with Crippen molar-refractivity contribution in [1.29, 1.82) is 0 Å². The summed E-state index contributed by atoms with van der Waals surface area (Å²) in [5, 5.41) is 21.8. The molecule has 2 unspecified atom stereocenters. The van der Waals surface area contributed by atoms with E-state index in [1.165, 1.54) is 54.4 Å².